The van der Waals surface area contributed by atoms with E-state index in [0.29, 0.717) is 5.02 Å². The molecule has 0 atom stereocenters. The Labute approximate surface area is 118 Å². The van der Waals surface area contributed by atoms with Crippen molar-refractivity contribution in [1.29, 1.82) is 0 Å². The first-order chi connectivity index (χ1) is 8.87. The van der Waals surface area contributed by atoms with Crippen molar-refractivity contribution in [2.24, 2.45) is 5.16 Å². The molecule has 0 N–H and O–H groups in total. The lowest BCUT2D eigenvalue weighted by atomic mass is 10.4. The summed E-state index contributed by atoms with van der Waals surface area (Å²) >= 11 is 5.75. The topological polar surface area (TPSA) is 59.0 Å². The number of benzene rings is 1. The molecule has 0 saturated heterocycles. The molecule has 0 spiro atoms. The van der Waals surface area contributed by atoms with Gasteiger partial charge in [-0.05, 0) is 24.3 Å². The van der Waals surface area contributed by atoms with E-state index in [-0.39, 0.29) is 9.80 Å². The molecule has 0 aliphatic carbocycles. The minimum absolute atomic E-state index is 0.0293. The highest BCUT2D eigenvalue weighted by Gasteiger charge is 2.19. The third-order valence-electron chi connectivity index (χ3n) is 2.11. The Hall–Kier alpha value is -1.53. The molecular formula is C12H15ClN2O3S. The molecule has 0 aliphatic heterocycles. The highest BCUT2D eigenvalue weighted by Crippen LogP contribution is 2.20. The Morgan fingerprint density at radius 1 is 1.32 bits per heavy atom. The third kappa shape index (κ3) is 4.25. The molecule has 104 valence electrons. The number of allylic oxidation sites excluding steroid dienone is 1. The minimum atomic E-state index is -3.65. The Morgan fingerprint density at radius 2 is 1.89 bits per heavy atom. The maximum absolute atomic E-state index is 12.4. The van der Waals surface area contributed by atoms with Crippen LogP contribution < -0.4 is 0 Å². The summed E-state index contributed by atoms with van der Waals surface area (Å²) in [6, 6.07) is 5.94. The van der Waals surface area contributed by atoms with Gasteiger partial charge in [-0.3, -0.25) is 0 Å². The van der Waals surface area contributed by atoms with Crippen LogP contribution in [0, 0.1) is 0 Å². The molecule has 0 radical (unpaired) electrons. The first kappa shape index (κ1) is 15.5. The van der Waals surface area contributed by atoms with Crippen LogP contribution in [0.3, 0.4) is 0 Å². The van der Waals surface area contributed by atoms with Gasteiger partial charge in [0.15, 0.2) is 0 Å². The first-order valence-corrected chi connectivity index (χ1v) is 7.19. The Balaban J connectivity index is 3.27. The molecule has 0 aromatic heterocycles. The van der Waals surface area contributed by atoms with Gasteiger partial charge in [0.2, 0.25) is 9.84 Å². The number of rotatable bonds is 5. The lowest BCUT2D eigenvalue weighted by Crippen LogP contribution is -2.11. The van der Waals surface area contributed by atoms with Crippen LogP contribution in [-0.4, -0.2) is 40.7 Å². The molecule has 0 amide bonds. The second kappa shape index (κ2) is 6.58. The van der Waals surface area contributed by atoms with Crippen LogP contribution in [0.15, 0.2) is 45.4 Å². The van der Waals surface area contributed by atoms with Crippen molar-refractivity contribution in [3.8, 4) is 0 Å². The number of hydrogen-bond acceptors (Lipinski definition) is 5. The van der Waals surface area contributed by atoms with E-state index >= 15 is 0 Å². The van der Waals surface area contributed by atoms with E-state index in [1.807, 2.05) is 0 Å². The van der Waals surface area contributed by atoms with Crippen LogP contribution in [0.1, 0.15) is 0 Å². The summed E-state index contributed by atoms with van der Waals surface area (Å²) in [5.41, 5.74) is 0. The monoisotopic (exact) mass is 302 g/mol. The Bertz CT molecular complexity index is 577. The van der Waals surface area contributed by atoms with Crippen LogP contribution in [0.2, 0.25) is 5.02 Å². The summed E-state index contributed by atoms with van der Waals surface area (Å²) in [6.45, 7) is 0. The van der Waals surface area contributed by atoms with Crippen molar-refractivity contribution < 1.29 is 13.3 Å². The van der Waals surface area contributed by atoms with Crippen LogP contribution in [0.25, 0.3) is 0 Å². The molecule has 0 unspecified atom stereocenters. The van der Waals surface area contributed by atoms with Gasteiger partial charge in [0, 0.05) is 25.3 Å². The van der Waals surface area contributed by atoms with Crippen molar-refractivity contribution in [1.82, 2.24) is 4.90 Å². The van der Waals surface area contributed by atoms with Crippen LogP contribution >= 0.6 is 11.6 Å². The highest BCUT2D eigenvalue weighted by atomic mass is 35.5. The molecule has 1 rings (SSSR count). The summed E-state index contributed by atoms with van der Waals surface area (Å²) in [6.07, 6.45) is 2.61. The molecule has 7 heteroatoms. The van der Waals surface area contributed by atoms with Gasteiger partial charge in [-0.2, -0.15) is 0 Å². The summed E-state index contributed by atoms with van der Waals surface area (Å²) in [5, 5.41) is 3.98. The van der Waals surface area contributed by atoms with E-state index in [1.165, 1.54) is 37.6 Å². The quantitative estimate of drug-likeness (QED) is 0.618. The molecular weight excluding hydrogens is 288 g/mol. The standard InChI is InChI=1S/C12H15ClN2O3S/c1-15(2)9-12(8-14-18-3)19(16,17)11-6-4-10(13)5-7-11/h4-9H,1-3H3/b12-9+,14-8+. The van der Waals surface area contributed by atoms with Crippen molar-refractivity contribution >= 4 is 27.7 Å². The van der Waals surface area contributed by atoms with Gasteiger partial charge in [0.25, 0.3) is 0 Å². The number of sulfone groups is 1. The number of halogens is 1. The summed E-state index contributed by atoms with van der Waals surface area (Å²) in [4.78, 5) is 6.32. The normalized spacial score (nSPS) is 12.7. The number of hydrogen-bond donors (Lipinski definition) is 0. The van der Waals surface area contributed by atoms with Gasteiger partial charge in [0.1, 0.15) is 12.0 Å². The average Bonchev–Trinajstić information content (AvgIpc) is 2.34. The summed E-state index contributed by atoms with van der Waals surface area (Å²) in [5.74, 6) is 0. The molecule has 0 heterocycles. The Kier molecular flexibility index (Phi) is 5.38. The summed E-state index contributed by atoms with van der Waals surface area (Å²) < 4.78 is 24.8. The van der Waals surface area contributed by atoms with Gasteiger partial charge in [0.05, 0.1) is 11.1 Å². The molecule has 19 heavy (non-hydrogen) atoms. The van der Waals surface area contributed by atoms with E-state index in [0.717, 1.165) is 6.21 Å². The fourth-order valence-electron chi connectivity index (χ4n) is 1.28. The second-order valence-electron chi connectivity index (χ2n) is 3.87. The maximum Gasteiger partial charge on any atom is 0.209 e. The predicted octanol–water partition coefficient (Wildman–Crippen LogP) is 2.15. The molecule has 1 aromatic rings. The molecule has 1 aromatic carbocycles. The van der Waals surface area contributed by atoms with Crippen LogP contribution in [-0.2, 0) is 14.7 Å². The first-order valence-electron chi connectivity index (χ1n) is 5.33. The molecule has 5 nitrogen and oxygen atoms in total. The van der Waals surface area contributed by atoms with E-state index in [2.05, 4.69) is 9.99 Å². The van der Waals surface area contributed by atoms with Crippen LogP contribution in [0.4, 0.5) is 0 Å². The van der Waals surface area contributed by atoms with Gasteiger partial charge in [-0.1, -0.05) is 16.8 Å². The lowest BCUT2D eigenvalue weighted by Gasteiger charge is -2.09. The van der Waals surface area contributed by atoms with Gasteiger partial charge < -0.3 is 9.74 Å². The Morgan fingerprint density at radius 3 is 2.37 bits per heavy atom. The lowest BCUT2D eigenvalue weighted by molar-refractivity contribution is 0.215. The fourth-order valence-corrected chi connectivity index (χ4v) is 2.71. The van der Waals surface area contributed by atoms with Gasteiger partial charge in [-0.25, -0.2) is 8.42 Å². The SMILES string of the molecule is CO/N=C/C(=C\N(C)C)S(=O)(=O)c1ccc(Cl)cc1. The summed E-state index contributed by atoms with van der Waals surface area (Å²) in [7, 11) is 1.13. The van der Waals surface area contributed by atoms with E-state index in [4.69, 9.17) is 11.6 Å². The molecule has 0 aliphatic rings. The average molecular weight is 303 g/mol. The molecule has 0 saturated carbocycles. The zero-order valence-corrected chi connectivity index (χ0v) is 12.4. The highest BCUT2D eigenvalue weighted by molar-refractivity contribution is 7.96. The van der Waals surface area contributed by atoms with Crippen molar-refractivity contribution in [2.45, 2.75) is 4.90 Å². The minimum Gasteiger partial charge on any atom is -0.399 e. The number of oxime groups is 1. The van der Waals surface area contributed by atoms with Crippen LogP contribution in [0.5, 0.6) is 0 Å². The molecule has 0 fully saturated rings. The smallest absolute Gasteiger partial charge is 0.209 e. The van der Waals surface area contributed by atoms with Crippen molar-refractivity contribution in [3.63, 3.8) is 0 Å². The zero-order chi connectivity index (χ0) is 14.5. The largest absolute Gasteiger partial charge is 0.399 e. The van der Waals surface area contributed by atoms with Crippen molar-refractivity contribution in [2.75, 3.05) is 21.2 Å². The zero-order valence-electron chi connectivity index (χ0n) is 10.9. The molecule has 0 bridgehead atoms. The van der Waals surface area contributed by atoms with E-state index in [1.54, 1.807) is 19.0 Å². The van der Waals surface area contributed by atoms with Gasteiger partial charge >= 0.3 is 0 Å². The third-order valence-corrected chi connectivity index (χ3v) is 4.08. The second-order valence-corrected chi connectivity index (χ2v) is 6.26. The van der Waals surface area contributed by atoms with Gasteiger partial charge in [-0.15, -0.1) is 0 Å². The van der Waals surface area contributed by atoms with E-state index < -0.39 is 9.84 Å². The predicted molar refractivity (Wildman–Crippen MR) is 75.9 cm³/mol. The van der Waals surface area contributed by atoms with Crippen molar-refractivity contribution in [3.05, 3.63) is 40.4 Å². The number of nitrogens with zero attached hydrogens (tertiary/aromatic N) is 2. The van der Waals surface area contributed by atoms with E-state index in [9.17, 15) is 8.42 Å². The maximum atomic E-state index is 12.4. The fraction of sp³-hybridized carbons (Fsp3) is 0.250.